The quantitative estimate of drug-likeness (QED) is 0.672. The molecule has 0 aliphatic heterocycles. The third-order valence-electron chi connectivity index (χ3n) is 3.84. The standard InChI is InChI=1S/C17H28Cl2N2/c1-4-10-20-15(9-11-21(5-2)6-3)12-14-7-8-16(18)17(19)13-14/h7-8,13,15,20H,4-6,9-12H2,1-3H3. The molecular weight excluding hydrogens is 303 g/mol. The fourth-order valence-electron chi connectivity index (χ4n) is 2.45. The van der Waals surface area contributed by atoms with Crippen LogP contribution in [0.5, 0.6) is 0 Å². The molecule has 120 valence electrons. The molecule has 0 bridgehead atoms. The highest BCUT2D eigenvalue weighted by Gasteiger charge is 2.11. The molecule has 0 aliphatic rings. The van der Waals surface area contributed by atoms with E-state index < -0.39 is 0 Å². The topological polar surface area (TPSA) is 15.3 Å². The van der Waals surface area contributed by atoms with Gasteiger partial charge in [-0.05, 0) is 63.1 Å². The molecule has 0 fully saturated rings. The van der Waals surface area contributed by atoms with Crippen molar-refractivity contribution in [3.63, 3.8) is 0 Å². The summed E-state index contributed by atoms with van der Waals surface area (Å²) in [6, 6.07) is 6.44. The molecule has 0 saturated carbocycles. The molecule has 0 aliphatic carbocycles. The Balaban J connectivity index is 2.61. The number of halogens is 2. The Morgan fingerprint density at radius 1 is 1.10 bits per heavy atom. The number of hydrogen-bond acceptors (Lipinski definition) is 2. The van der Waals surface area contributed by atoms with Crippen LogP contribution in [-0.4, -0.2) is 37.1 Å². The normalized spacial score (nSPS) is 12.9. The van der Waals surface area contributed by atoms with Crippen LogP contribution in [0.3, 0.4) is 0 Å². The van der Waals surface area contributed by atoms with Crippen molar-refractivity contribution in [2.45, 2.75) is 46.1 Å². The smallest absolute Gasteiger partial charge is 0.0595 e. The Morgan fingerprint density at radius 3 is 2.38 bits per heavy atom. The molecule has 0 spiro atoms. The number of benzene rings is 1. The van der Waals surface area contributed by atoms with E-state index in [0.29, 0.717) is 16.1 Å². The third-order valence-corrected chi connectivity index (χ3v) is 4.58. The lowest BCUT2D eigenvalue weighted by molar-refractivity contribution is 0.280. The van der Waals surface area contributed by atoms with Crippen molar-refractivity contribution in [2.24, 2.45) is 0 Å². The van der Waals surface area contributed by atoms with Crippen molar-refractivity contribution in [3.05, 3.63) is 33.8 Å². The van der Waals surface area contributed by atoms with Crippen LogP contribution in [0.15, 0.2) is 18.2 Å². The average molecular weight is 331 g/mol. The number of rotatable bonds is 10. The van der Waals surface area contributed by atoms with E-state index in [1.807, 2.05) is 12.1 Å². The first-order chi connectivity index (χ1) is 10.1. The van der Waals surface area contributed by atoms with Crippen molar-refractivity contribution in [3.8, 4) is 0 Å². The van der Waals surface area contributed by atoms with Crippen LogP contribution in [0.4, 0.5) is 0 Å². The Labute approximate surface area is 139 Å². The van der Waals surface area contributed by atoms with Gasteiger partial charge >= 0.3 is 0 Å². The molecule has 0 heterocycles. The van der Waals surface area contributed by atoms with Gasteiger partial charge in [0.1, 0.15) is 0 Å². The maximum atomic E-state index is 6.11. The fraction of sp³-hybridized carbons (Fsp3) is 0.647. The summed E-state index contributed by atoms with van der Waals surface area (Å²) in [7, 11) is 0. The maximum absolute atomic E-state index is 6.11. The molecule has 1 aromatic carbocycles. The zero-order chi connectivity index (χ0) is 15.7. The summed E-state index contributed by atoms with van der Waals surface area (Å²) < 4.78 is 0. The molecule has 0 amide bonds. The van der Waals surface area contributed by atoms with E-state index in [-0.39, 0.29) is 0 Å². The Morgan fingerprint density at radius 2 is 1.81 bits per heavy atom. The lowest BCUT2D eigenvalue weighted by Gasteiger charge is -2.24. The summed E-state index contributed by atoms with van der Waals surface area (Å²) in [6.45, 7) is 11.1. The molecular formula is C17H28Cl2N2. The molecule has 4 heteroatoms. The summed E-state index contributed by atoms with van der Waals surface area (Å²) in [4.78, 5) is 2.47. The van der Waals surface area contributed by atoms with Gasteiger partial charge in [0, 0.05) is 6.04 Å². The van der Waals surface area contributed by atoms with Crippen molar-refractivity contribution in [1.82, 2.24) is 10.2 Å². The van der Waals surface area contributed by atoms with Gasteiger partial charge in [-0.2, -0.15) is 0 Å². The zero-order valence-corrected chi connectivity index (χ0v) is 15.0. The van der Waals surface area contributed by atoms with E-state index in [4.69, 9.17) is 23.2 Å². The molecule has 1 atom stereocenters. The summed E-state index contributed by atoms with van der Waals surface area (Å²) in [6.07, 6.45) is 3.31. The van der Waals surface area contributed by atoms with E-state index in [1.165, 1.54) is 5.56 Å². The van der Waals surface area contributed by atoms with E-state index in [9.17, 15) is 0 Å². The predicted molar refractivity (Wildman–Crippen MR) is 94.7 cm³/mol. The molecule has 1 N–H and O–H groups in total. The zero-order valence-electron chi connectivity index (χ0n) is 13.5. The minimum atomic E-state index is 0.489. The van der Waals surface area contributed by atoms with Gasteiger partial charge < -0.3 is 10.2 Å². The first-order valence-electron chi connectivity index (χ1n) is 8.00. The highest BCUT2D eigenvalue weighted by molar-refractivity contribution is 6.42. The van der Waals surface area contributed by atoms with Crippen LogP contribution >= 0.6 is 23.2 Å². The number of nitrogens with one attached hydrogen (secondary N) is 1. The van der Waals surface area contributed by atoms with Gasteiger partial charge in [-0.25, -0.2) is 0 Å². The SMILES string of the molecule is CCCNC(CCN(CC)CC)Cc1ccc(Cl)c(Cl)c1. The van der Waals surface area contributed by atoms with Crippen LogP contribution in [0, 0.1) is 0 Å². The molecule has 1 aromatic rings. The molecule has 2 nitrogen and oxygen atoms in total. The van der Waals surface area contributed by atoms with Gasteiger partial charge in [-0.1, -0.05) is 50.0 Å². The lowest BCUT2D eigenvalue weighted by Crippen LogP contribution is -2.36. The van der Waals surface area contributed by atoms with Crippen LogP contribution in [0.1, 0.15) is 39.2 Å². The molecule has 0 saturated heterocycles. The van der Waals surface area contributed by atoms with Gasteiger partial charge in [0.05, 0.1) is 10.0 Å². The Bertz CT molecular complexity index is 406. The number of nitrogens with zero attached hydrogens (tertiary/aromatic N) is 1. The van der Waals surface area contributed by atoms with Crippen molar-refractivity contribution < 1.29 is 0 Å². The van der Waals surface area contributed by atoms with Gasteiger partial charge in [0.25, 0.3) is 0 Å². The van der Waals surface area contributed by atoms with Crippen LogP contribution in [0.2, 0.25) is 10.0 Å². The highest BCUT2D eigenvalue weighted by atomic mass is 35.5. The molecule has 0 aromatic heterocycles. The summed E-state index contributed by atoms with van der Waals surface area (Å²) in [5.41, 5.74) is 1.25. The summed E-state index contributed by atoms with van der Waals surface area (Å²) in [5, 5.41) is 4.92. The van der Waals surface area contributed by atoms with E-state index >= 15 is 0 Å². The average Bonchev–Trinajstić information content (AvgIpc) is 2.49. The minimum absolute atomic E-state index is 0.489. The Kier molecular flexibility index (Phi) is 9.34. The van der Waals surface area contributed by atoms with E-state index in [1.54, 1.807) is 0 Å². The second kappa shape index (κ2) is 10.4. The maximum Gasteiger partial charge on any atom is 0.0595 e. The van der Waals surface area contributed by atoms with Crippen molar-refractivity contribution >= 4 is 23.2 Å². The van der Waals surface area contributed by atoms with Crippen molar-refractivity contribution in [1.29, 1.82) is 0 Å². The number of hydrogen-bond donors (Lipinski definition) is 1. The highest BCUT2D eigenvalue weighted by Crippen LogP contribution is 2.23. The van der Waals surface area contributed by atoms with Gasteiger partial charge in [0.15, 0.2) is 0 Å². The van der Waals surface area contributed by atoms with Gasteiger partial charge in [0.2, 0.25) is 0 Å². The fourth-order valence-corrected chi connectivity index (χ4v) is 2.77. The molecule has 1 unspecified atom stereocenters. The minimum Gasteiger partial charge on any atom is -0.314 e. The van der Waals surface area contributed by atoms with Crippen molar-refractivity contribution in [2.75, 3.05) is 26.2 Å². The van der Waals surface area contributed by atoms with Crippen LogP contribution in [-0.2, 0) is 6.42 Å². The molecule has 0 radical (unpaired) electrons. The first kappa shape index (κ1) is 18.8. The molecule has 21 heavy (non-hydrogen) atoms. The Hall–Kier alpha value is -0.280. The summed E-state index contributed by atoms with van der Waals surface area (Å²) >= 11 is 12.1. The van der Waals surface area contributed by atoms with Crippen LogP contribution in [0.25, 0.3) is 0 Å². The van der Waals surface area contributed by atoms with Gasteiger partial charge in [-0.15, -0.1) is 0 Å². The monoisotopic (exact) mass is 330 g/mol. The molecule has 1 rings (SSSR count). The second-order valence-corrected chi connectivity index (χ2v) is 6.23. The first-order valence-corrected chi connectivity index (χ1v) is 8.75. The van der Waals surface area contributed by atoms with E-state index in [2.05, 4.69) is 37.1 Å². The summed E-state index contributed by atoms with van der Waals surface area (Å²) in [5.74, 6) is 0. The third kappa shape index (κ3) is 7.01. The second-order valence-electron chi connectivity index (χ2n) is 5.42. The van der Waals surface area contributed by atoms with E-state index in [0.717, 1.165) is 45.4 Å². The van der Waals surface area contributed by atoms with Gasteiger partial charge in [-0.3, -0.25) is 0 Å². The van der Waals surface area contributed by atoms with Crippen LogP contribution < -0.4 is 5.32 Å². The lowest BCUT2D eigenvalue weighted by atomic mass is 10.0. The predicted octanol–water partition coefficient (Wildman–Crippen LogP) is 4.64. The largest absolute Gasteiger partial charge is 0.314 e.